The molecule has 0 unspecified atom stereocenters. The molecule has 0 spiro atoms. The molecule has 0 radical (unpaired) electrons. The molecule has 1 atom stereocenters. The summed E-state index contributed by atoms with van der Waals surface area (Å²) in [4.78, 5) is 12.6. The van der Waals surface area contributed by atoms with Crippen LogP contribution in [0.1, 0.15) is 13.8 Å². The van der Waals surface area contributed by atoms with Crippen molar-refractivity contribution in [1.82, 2.24) is 10.1 Å². The zero-order chi connectivity index (χ0) is 19.6. The van der Waals surface area contributed by atoms with E-state index in [0.29, 0.717) is 20.1 Å². The Morgan fingerprint density at radius 1 is 1.22 bits per heavy atom. The predicted molar refractivity (Wildman–Crippen MR) is 114 cm³/mol. The number of thiocarbonyl (C=S) groups is 1. The number of benzene rings is 2. The molecular weight excluding hydrogens is 404 g/mol. The first-order valence-corrected chi connectivity index (χ1v) is 9.77. The Morgan fingerprint density at radius 3 is 2.56 bits per heavy atom. The van der Waals surface area contributed by atoms with Crippen molar-refractivity contribution in [2.24, 2.45) is 0 Å². The minimum Gasteiger partial charge on any atom is -0.306 e. The number of hydrazine groups is 1. The molecule has 27 heavy (non-hydrogen) atoms. The molecule has 9 heteroatoms. The van der Waals surface area contributed by atoms with E-state index < -0.39 is 16.9 Å². The van der Waals surface area contributed by atoms with Crippen molar-refractivity contribution in [3.63, 3.8) is 0 Å². The number of carbonyl (C=O) groups excluding carboxylic acids is 1. The van der Waals surface area contributed by atoms with Crippen LogP contribution in [0.25, 0.3) is 0 Å². The van der Waals surface area contributed by atoms with Crippen molar-refractivity contribution < 1.29 is 10.0 Å². The topological polar surface area (TPSA) is 67.8 Å². The number of rotatable bonds is 4. The van der Waals surface area contributed by atoms with Gasteiger partial charge in [0.05, 0.1) is 10.4 Å². The normalized spacial score (nSPS) is 18.3. The van der Waals surface area contributed by atoms with Crippen molar-refractivity contribution in [2.45, 2.75) is 24.8 Å². The van der Waals surface area contributed by atoms with Crippen molar-refractivity contribution in [1.29, 1.82) is 0 Å². The average molecular weight is 423 g/mol. The van der Waals surface area contributed by atoms with Gasteiger partial charge in [-0.3, -0.25) is 10.6 Å². The Balaban J connectivity index is 1.81. The van der Waals surface area contributed by atoms with E-state index >= 15 is 0 Å². The van der Waals surface area contributed by atoms with Gasteiger partial charge in [0.25, 0.3) is 0 Å². The number of para-hydroxylation sites is 1. The number of anilines is 2. The van der Waals surface area contributed by atoms with Gasteiger partial charge in [-0.2, -0.15) is 5.06 Å². The largest absolute Gasteiger partial charge is 0.347 e. The number of carbonyl (C=O) groups is 1. The lowest BCUT2D eigenvalue weighted by molar-refractivity contribution is -0.110. The van der Waals surface area contributed by atoms with Gasteiger partial charge < -0.3 is 5.32 Å². The molecule has 2 amide bonds. The Hall–Kier alpha value is -2.00. The molecule has 0 aromatic heterocycles. The number of hydroxylamine groups is 2. The summed E-state index contributed by atoms with van der Waals surface area (Å²) in [6.07, 6.45) is -0.727. The number of urea groups is 1. The number of halogens is 1. The van der Waals surface area contributed by atoms with E-state index in [1.54, 1.807) is 29.3 Å². The molecule has 1 aliphatic rings. The second kappa shape index (κ2) is 7.93. The first-order valence-electron chi connectivity index (χ1n) is 8.16. The molecule has 0 aliphatic carbocycles. The van der Waals surface area contributed by atoms with E-state index in [2.05, 4.69) is 10.7 Å². The second-order valence-electron chi connectivity index (χ2n) is 6.48. The van der Waals surface area contributed by atoms with Crippen LogP contribution < -0.4 is 10.7 Å². The summed E-state index contributed by atoms with van der Waals surface area (Å²) < 4.78 is -0.0114. The van der Waals surface area contributed by atoms with Gasteiger partial charge in [0.15, 0.2) is 10.5 Å². The van der Waals surface area contributed by atoms with Crippen molar-refractivity contribution in [3.05, 3.63) is 59.6 Å². The Kier molecular flexibility index (Phi) is 5.81. The molecule has 1 aliphatic heterocycles. The van der Waals surface area contributed by atoms with E-state index in [1.165, 1.54) is 11.8 Å². The van der Waals surface area contributed by atoms with E-state index in [-0.39, 0.29) is 0 Å². The van der Waals surface area contributed by atoms with Crippen LogP contribution in [0.4, 0.5) is 16.2 Å². The van der Waals surface area contributed by atoms with Gasteiger partial charge in [0, 0.05) is 10.7 Å². The average Bonchev–Trinajstić information content (AvgIpc) is 2.83. The fourth-order valence-electron chi connectivity index (χ4n) is 2.76. The Bertz CT molecular complexity index is 850. The molecule has 3 rings (SSSR count). The highest BCUT2D eigenvalue weighted by Gasteiger charge is 2.50. The van der Waals surface area contributed by atoms with Crippen molar-refractivity contribution >= 4 is 57.3 Å². The SMILES string of the molecule is CC1(C)SC(=S)N(Nc2ccccc2)[C@H]1N(O)C(=O)Nc1cccc(Cl)c1. The molecular formula is C18H19ClN4O2S2. The van der Waals surface area contributed by atoms with Gasteiger partial charge in [-0.05, 0) is 44.2 Å². The Morgan fingerprint density at radius 2 is 1.89 bits per heavy atom. The first kappa shape index (κ1) is 19.8. The molecule has 142 valence electrons. The van der Waals surface area contributed by atoms with Gasteiger partial charge in [0.2, 0.25) is 0 Å². The minimum absolute atomic E-state index is 0.486. The summed E-state index contributed by atoms with van der Waals surface area (Å²) in [5, 5.41) is 16.1. The van der Waals surface area contributed by atoms with E-state index in [4.69, 9.17) is 23.8 Å². The van der Waals surface area contributed by atoms with Gasteiger partial charge >= 0.3 is 6.03 Å². The maximum atomic E-state index is 12.6. The van der Waals surface area contributed by atoms with Crippen LogP contribution in [-0.2, 0) is 0 Å². The van der Waals surface area contributed by atoms with Gasteiger partial charge in [-0.25, -0.2) is 9.80 Å². The van der Waals surface area contributed by atoms with Crippen LogP contribution in [-0.4, -0.2) is 36.5 Å². The van der Waals surface area contributed by atoms with Gasteiger partial charge in [0.1, 0.15) is 0 Å². The highest BCUT2D eigenvalue weighted by atomic mass is 35.5. The second-order valence-corrected chi connectivity index (χ2v) is 9.20. The van der Waals surface area contributed by atoms with Crippen molar-refractivity contribution in [2.75, 3.05) is 10.7 Å². The third-order valence-corrected chi connectivity index (χ3v) is 5.74. The summed E-state index contributed by atoms with van der Waals surface area (Å²) in [6.45, 7) is 3.83. The summed E-state index contributed by atoms with van der Waals surface area (Å²) in [5.41, 5.74) is 4.46. The van der Waals surface area contributed by atoms with Crippen LogP contribution in [0.5, 0.6) is 0 Å². The molecule has 0 saturated carbocycles. The lowest BCUT2D eigenvalue weighted by Gasteiger charge is -2.36. The molecule has 3 N–H and O–H groups in total. The number of hydrogen-bond acceptors (Lipinski definition) is 5. The number of hydrogen-bond donors (Lipinski definition) is 3. The quantitative estimate of drug-likeness (QED) is 0.365. The monoisotopic (exact) mass is 422 g/mol. The molecule has 2 aromatic carbocycles. The molecule has 1 heterocycles. The van der Waals surface area contributed by atoms with Gasteiger partial charge in [-0.15, -0.1) is 0 Å². The first-order chi connectivity index (χ1) is 12.8. The summed E-state index contributed by atoms with van der Waals surface area (Å²) in [6, 6.07) is 15.5. The smallest absolute Gasteiger partial charge is 0.306 e. The molecule has 2 aromatic rings. The summed E-state index contributed by atoms with van der Waals surface area (Å²) in [7, 11) is 0. The van der Waals surface area contributed by atoms with Crippen LogP contribution >= 0.6 is 35.6 Å². The zero-order valence-electron chi connectivity index (χ0n) is 14.7. The van der Waals surface area contributed by atoms with Gasteiger partial charge in [-0.1, -0.05) is 59.8 Å². The highest BCUT2D eigenvalue weighted by Crippen LogP contribution is 2.42. The minimum atomic E-state index is -0.727. The van der Waals surface area contributed by atoms with Crippen LogP contribution in [0.2, 0.25) is 5.02 Å². The standard InChI is InChI=1S/C18H19ClN4O2S2/c1-18(2)15(22(17(26)27-18)21-13-8-4-3-5-9-13)23(25)16(24)20-14-10-6-7-12(19)11-14/h3-11,15,21,25H,1-2H3,(H,20,24)/t15-/m0/s1. The van der Waals surface area contributed by atoms with Crippen LogP contribution in [0, 0.1) is 0 Å². The highest BCUT2D eigenvalue weighted by molar-refractivity contribution is 8.24. The zero-order valence-corrected chi connectivity index (χ0v) is 17.1. The maximum absolute atomic E-state index is 12.6. The maximum Gasteiger partial charge on any atom is 0.347 e. The third-order valence-electron chi connectivity index (χ3n) is 3.95. The lowest BCUT2D eigenvalue weighted by Crippen LogP contribution is -2.57. The Labute approximate surface area is 172 Å². The van der Waals surface area contributed by atoms with Crippen molar-refractivity contribution in [3.8, 4) is 0 Å². The molecule has 6 nitrogen and oxygen atoms in total. The number of nitrogens with zero attached hydrogens (tertiary/aromatic N) is 2. The predicted octanol–water partition coefficient (Wildman–Crippen LogP) is 5.03. The molecule has 0 bridgehead atoms. The van der Waals surface area contributed by atoms with E-state index in [9.17, 15) is 10.0 Å². The van der Waals surface area contributed by atoms with Crippen LogP contribution in [0.3, 0.4) is 0 Å². The fraction of sp³-hybridized carbons (Fsp3) is 0.222. The number of thioether (sulfide) groups is 1. The molecule has 1 saturated heterocycles. The van der Waals surface area contributed by atoms with E-state index in [0.717, 1.165) is 5.69 Å². The number of amides is 2. The molecule has 1 fully saturated rings. The summed E-state index contributed by atoms with van der Waals surface area (Å²) >= 11 is 12.8. The third kappa shape index (κ3) is 4.47. The van der Waals surface area contributed by atoms with Crippen LogP contribution in [0.15, 0.2) is 54.6 Å². The number of nitrogens with one attached hydrogen (secondary N) is 2. The fourth-order valence-corrected chi connectivity index (χ4v) is 4.74. The summed E-state index contributed by atoms with van der Waals surface area (Å²) in [5.74, 6) is 0. The lowest BCUT2D eigenvalue weighted by atomic mass is 10.1. The van der Waals surface area contributed by atoms with E-state index in [1.807, 2.05) is 44.2 Å².